The number of hydrogen-bond acceptors (Lipinski definition) is 3. The van der Waals surface area contributed by atoms with E-state index in [4.69, 9.17) is 0 Å². The van der Waals surface area contributed by atoms with Gasteiger partial charge in [0.2, 0.25) is 0 Å². The molecular formula is C17H13NO3. The third-order valence-electron chi connectivity index (χ3n) is 2.90. The van der Waals surface area contributed by atoms with Gasteiger partial charge in [0, 0.05) is 17.7 Å². The van der Waals surface area contributed by atoms with Gasteiger partial charge in [-0.15, -0.1) is 0 Å². The van der Waals surface area contributed by atoms with Crippen LogP contribution in [0.2, 0.25) is 0 Å². The molecule has 0 saturated heterocycles. The van der Waals surface area contributed by atoms with Crippen LogP contribution in [0.3, 0.4) is 0 Å². The summed E-state index contributed by atoms with van der Waals surface area (Å²) >= 11 is 0. The highest BCUT2D eigenvalue weighted by atomic mass is 16.6. The topological polar surface area (TPSA) is 60.2 Å². The number of allylic oxidation sites excluding steroid dienone is 3. The van der Waals surface area contributed by atoms with Crippen LogP contribution in [0.15, 0.2) is 66.7 Å². The fourth-order valence-electron chi connectivity index (χ4n) is 1.80. The third kappa shape index (κ3) is 3.98. The molecule has 0 aliphatic carbocycles. The predicted molar refractivity (Wildman–Crippen MR) is 82.6 cm³/mol. The molecule has 0 aliphatic rings. The Hall–Kier alpha value is -3.01. The van der Waals surface area contributed by atoms with Crippen molar-refractivity contribution in [3.8, 4) is 0 Å². The summed E-state index contributed by atoms with van der Waals surface area (Å²) in [5, 5.41) is 10.6. The molecule has 0 spiro atoms. The number of carbonyl (C=O) groups excluding carboxylic acids is 1. The molecule has 0 aromatic heterocycles. The van der Waals surface area contributed by atoms with E-state index in [9.17, 15) is 14.9 Å². The molecule has 104 valence electrons. The molecule has 0 bridgehead atoms. The number of rotatable bonds is 5. The maximum atomic E-state index is 11.1. The first-order valence-electron chi connectivity index (χ1n) is 6.34. The second-order valence-corrected chi connectivity index (χ2v) is 4.31. The minimum absolute atomic E-state index is 0.0561. The molecule has 4 heteroatoms. The maximum Gasteiger partial charge on any atom is 0.269 e. The van der Waals surface area contributed by atoms with Crippen LogP contribution in [0, 0.1) is 10.1 Å². The summed E-state index contributed by atoms with van der Waals surface area (Å²) in [5.41, 5.74) is 2.31. The minimum Gasteiger partial charge on any atom is -0.298 e. The highest BCUT2D eigenvalue weighted by Crippen LogP contribution is 2.14. The van der Waals surface area contributed by atoms with E-state index in [0.29, 0.717) is 5.57 Å². The van der Waals surface area contributed by atoms with Crippen molar-refractivity contribution in [2.24, 2.45) is 0 Å². The SMILES string of the molecule is O=C/C(=C\C=C\c1ccc([N+](=O)[O-])cc1)c1ccccc1. The van der Waals surface area contributed by atoms with E-state index >= 15 is 0 Å². The normalized spacial score (nSPS) is 11.5. The van der Waals surface area contributed by atoms with Crippen molar-refractivity contribution in [3.05, 3.63) is 88.0 Å². The number of hydrogen-bond donors (Lipinski definition) is 0. The molecule has 21 heavy (non-hydrogen) atoms. The van der Waals surface area contributed by atoms with Gasteiger partial charge in [-0.3, -0.25) is 14.9 Å². The van der Waals surface area contributed by atoms with Crippen molar-refractivity contribution in [1.29, 1.82) is 0 Å². The number of nitro benzene ring substituents is 1. The van der Waals surface area contributed by atoms with E-state index in [1.54, 1.807) is 30.4 Å². The fraction of sp³-hybridized carbons (Fsp3) is 0. The van der Waals surface area contributed by atoms with Gasteiger partial charge in [0.05, 0.1) is 4.92 Å². The molecule has 0 unspecified atom stereocenters. The molecule has 0 aliphatic heterocycles. The Labute approximate surface area is 122 Å². The first-order valence-corrected chi connectivity index (χ1v) is 6.34. The molecule has 2 aromatic rings. The minimum atomic E-state index is -0.437. The second-order valence-electron chi connectivity index (χ2n) is 4.31. The molecule has 4 nitrogen and oxygen atoms in total. The van der Waals surface area contributed by atoms with E-state index in [0.717, 1.165) is 17.4 Å². The molecule has 0 atom stereocenters. The zero-order valence-corrected chi connectivity index (χ0v) is 11.2. The summed E-state index contributed by atoms with van der Waals surface area (Å²) in [4.78, 5) is 21.2. The summed E-state index contributed by atoms with van der Waals surface area (Å²) in [7, 11) is 0. The summed E-state index contributed by atoms with van der Waals surface area (Å²) in [5.74, 6) is 0. The largest absolute Gasteiger partial charge is 0.298 e. The van der Waals surface area contributed by atoms with Gasteiger partial charge in [-0.05, 0) is 23.3 Å². The molecule has 0 saturated carbocycles. The number of benzene rings is 2. The van der Waals surface area contributed by atoms with Crippen molar-refractivity contribution in [2.45, 2.75) is 0 Å². The smallest absolute Gasteiger partial charge is 0.269 e. The Bertz CT molecular complexity index is 686. The van der Waals surface area contributed by atoms with Crippen LogP contribution in [-0.2, 0) is 4.79 Å². The van der Waals surface area contributed by atoms with Gasteiger partial charge in [0.15, 0.2) is 6.29 Å². The lowest BCUT2D eigenvalue weighted by Gasteiger charge is -1.97. The maximum absolute atomic E-state index is 11.1. The first-order chi connectivity index (χ1) is 10.2. The Morgan fingerprint density at radius 1 is 1.00 bits per heavy atom. The van der Waals surface area contributed by atoms with Crippen molar-refractivity contribution in [1.82, 2.24) is 0 Å². The summed E-state index contributed by atoms with van der Waals surface area (Å²) in [6.45, 7) is 0. The van der Waals surface area contributed by atoms with Crippen molar-refractivity contribution in [2.75, 3.05) is 0 Å². The average molecular weight is 279 g/mol. The first kappa shape index (κ1) is 14.4. The van der Waals surface area contributed by atoms with E-state index in [-0.39, 0.29) is 5.69 Å². The van der Waals surface area contributed by atoms with Gasteiger partial charge in [-0.25, -0.2) is 0 Å². The van der Waals surface area contributed by atoms with Crippen LogP contribution < -0.4 is 0 Å². The Balaban J connectivity index is 2.14. The molecule has 2 rings (SSSR count). The van der Waals surface area contributed by atoms with Gasteiger partial charge in [-0.2, -0.15) is 0 Å². The Morgan fingerprint density at radius 3 is 2.24 bits per heavy atom. The lowest BCUT2D eigenvalue weighted by molar-refractivity contribution is -0.384. The van der Waals surface area contributed by atoms with Gasteiger partial charge in [0.25, 0.3) is 5.69 Å². The lowest BCUT2D eigenvalue weighted by Crippen LogP contribution is -1.86. The zero-order chi connectivity index (χ0) is 15.1. The average Bonchev–Trinajstić information content (AvgIpc) is 2.53. The van der Waals surface area contributed by atoms with E-state index in [2.05, 4.69) is 0 Å². The van der Waals surface area contributed by atoms with E-state index in [1.165, 1.54) is 12.1 Å². The van der Waals surface area contributed by atoms with Gasteiger partial charge >= 0.3 is 0 Å². The molecule has 0 radical (unpaired) electrons. The van der Waals surface area contributed by atoms with Crippen LogP contribution >= 0.6 is 0 Å². The number of nitrogens with zero attached hydrogens (tertiary/aromatic N) is 1. The molecule has 2 aromatic carbocycles. The Morgan fingerprint density at radius 2 is 1.67 bits per heavy atom. The number of aldehydes is 1. The summed E-state index contributed by atoms with van der Waals surface area (Å²) in [6, 6.07) is 15.6. The number of non-ortho nitro benzene ring substituents is 1. The summed E-state index contributed by atoms with van der Waals surface area (Å²) in [6.07, 6.45) is 6.05. The number of carbonyl (C=O) groups is 1. The van der Waals surface area contributed by atoms with Crippen LogP contribution in [0.25, 0.3) is 11.6 Å². The highest BCUT2D eigenvalue weighted by Gasteiger charge is 2.02. The quantitative estimate of drug-likeness (QED) is 0.274. The van der Waals surface area contributed by atoms with Crippen molar-refractivity contribution in [3.63, 3.8) is 0 Å². The molecular weight excluding hydrogens is 266 g/mol. The molecule has 0 fully saturated rings. The van der Waals surface area contributed by atoms with Crippen LogP contribution in [0.5, 0.6) is 0 Å². The van der Waals surface area contributed by atoms with E-state index < -0.39 is 4.92 Å². The predicted octanol–water partition coefficient (Wildman–Crippen LogP) is 3.89. The van der Waals surface area contributed by atoms with Crippen molar-refractivity contribution < 1.29 is 9.72 Å². The molecule has 0 heterocycles. The fourth-order valence-corrected chi connectivity index (χ4v) is 1.80. The number of nitro groups is 1. The van der Waals surface area contributed by atoms with Crippen LogP contribution in [0.4, 0.5) is 5.69 Å². The van der Waals surface area contributed by atoms with Gasteiger partial charge in [0.1, 0.15) is 0 Å². The Kier molecular flexibility index (Phi) is 4.77. The van der Waals surface area contributed by atoms with Gasteiger partial charge < -0.3 is 0 Å². The standard InChI is InChI=1S/C17H13NO3/c19-13-16(15-6-2-1-3-7-15)8-4-5-14-9-11-17(12-10-14)18(20)21/h1-13H/b5-4+,16-8+. The second kappa shape index (κ2) is 6.96. The monoisotopic (exact) mass is 279 g/mol. The van der Waals surface area contributed by atoms with Gasteiger partial charge in [-0.1, -0.05) is 48.6 Å². The highest BCUT2D eigenvalue weighted by molar-refractivity contribution is 6.07. The van der Waals surface area contributed by atoms with E-state index in [1.807, 2.05) is 30.3 Å². The van der Waals surface area contributed by atoms with Crippen LogP contribution in [0.1, 0.15) is 11.1 Å². The lowest BCUT2D eigenvalue weighted by atomic mass is 10.1. The molecule has 0 N–H and O–H groups in total. The molecule has 0 amide bonds. The zero-order valence-electron chi connectivity index (χ0n) is 11.2. The van der Waals surface area contributed by atoms with Crippen molar-refractivity contribution >= 4 is 23.6 Å². The third-order valence-corrected chi connectivity index (χ3v) is 2.90. The van der Waals surface area contributed by atoms with Crippen LogP contribution in [-0.4, -0.2) is 11.2 Å². The summed E-state index contributed by atoms with van der Waals surface area (Å²) < 4.78 is 0.